The van der Waals surface area contributed by atoms with Crippen molar-refractivity contribution in [3.63, 3.8) is 0 Å². The molecule has 2 aromatic rings. The van der Waals surface area contributed by atoms with Gasteiger partial charge < -0.3 is 14.3 Å². The number of aliphatic hydroxyl groups is 1. The van der Waals surface area contributed by atoms with Gasteiger partial charge in [-0.25, -0.2) is 0 Å². The van der Waals surface area contributed by atoms with E-state index in [1.807, 2.05) is 19.1 Å². The summed E-state index contributed by atoms with van der Waals surface area (Å²) in [7, 11) is 0. The van der Waals surface area contributed by atoms with Crippen molar-refractivity contribution < 1.29 is 14.3 Å². The van der Waals surface area contributed by atoms with Crippen molar-refractivity contribution in [1.29, 1.82) is 0 Å². The molecule has 0 aliphatic carbocycles. The lowest BCUT2D eigenvalue weighted by Crippen LogP contribution is -2.02. The number of nitrogens with zero attached hydrogens (tertiary/aromatic N) is 2. The average Bonchev–Trinajstić information content (AvgIpc) is 2.87. The molecule has 1 aromatic heterocycles. The van der Waals surface area contributed by atoms with E-state index < -0.39 is 0 Å². The fourth-order valence-electron chi connectivity index (χ4n) is 1.79. The maximum Gasteiger partial charge on any atom is 0.276 e. The number of hydrogen-bond donors (Lipinski definition) is 1. The second-order valence-electron chi connectivity index (χ2n) is 4.38. The zero-order valence-corrected chi connectivity index (χ0v) is 12.4. The highest BCUT2D eigenvalue weighted by molar-refractivity contribution is 7.99. The Morgan fingerprint density at radius 1 is 1.25 bits per heavy atom. The molecule has 0 unspecified atom stereocenters. The molecule has 20 heavy (non-hydrogen) atoms. The van der Waals surface area contributed by atoms with Crippen LogP contribution < -0.4 is 0 Å². The van der Waals surface area contributed by atoms with Gasteiger partial charge in [0, 0.05) is 11.3 Å². The Labute approximate surface area is 122 Å². The molecular formula is C14H18N2O3S. The number of ether oxygens (including phenoxy) is 1. The summed E-state index contributed by atoms with van der Waals surface area (Å²) in [4.78, 5) is 0. The van der Waals surface area contributed by atoms with Gasteiger partial charge in [-0.3, -0.25) is 0 Å². The van der Waals surface area contributed by atoms with Gasteiger partial charge in [-0.15, -0.1) is 10.2 Å². The van der Waals surface area contributed by atoms with Gasteiger partial charge >= 0.3 is 0 Å². The maximum absolute atomic E-state index is 8.58. The Hall–Kier alpha value is -1.37. The Kier molecular flexibility index (Phi) is 5.58. The van der Waals surface area contributed by atoms with E-state index in [1.165, 1.54) is 17.3 Å². The molecule has 0 saturated carbocycles. The van der Waals surface area contributed by atoms with Crippen molar-refractivity contribution in [3.8, 4) is 11.5 Å². The first-order valence-corrected chi connectivity index (χ1v) is 7.42. The summed E-state index contributed by atoms with van der Waals surface area (Å²) in [5, 5.41) is 17.2. The molecule has 0 saturated heterocycles. The smallest absolute Gasteiger partial charge is 0.276 e. The molecule has 0 atom stereocenters. The molecule has 2 rings (SSSR count). The summed E-state index contributed by atoms with van der Waals surface area (Å²) in [6, 6.07) is 6.12. The Morgan fingerprint density at radius 3 is 2.85 bits per heavy atom. The highest BCUT2D eigenvalue weighted by Crippen LogP contribution is 2.26. The number of benzene rings is 1. The van der Waals surface area contributed by atoms with Crippen molar-refractivity contribution >= 4 is 11.8 Å². The van der Waals surface area contributed by atoms with Gasteiger partial charge in [-0.05, 0) is 25.5 Å². The zero-order chi connectivity index (χ0) is 14.4. The van der Waals surface area contributed by atoms with E-state index in [0.717, 1.165) is 11.1 Å². The van der Waals surface area contributed by atoms with Crippen LogP contribution in [0.5, 0.6) is 0 Å². The van der Waals surface area contributed by atoms with Crippen molar-refractivity contribution in [3.05, 3.63) is 29.3 Å². The second kappa shape index (κ2) is 7.42. The second-order valence-corrected chi connectivity index (χ2v) is 5.42. The molecule has 0 radical (unpaired) electrons. The van der Waals surface area contributed by atoms with E-state index in [4.69, 9.17) is 14.3 Å². The van der Waals surface area contributed by atoms with Gasteiger partial charge in [0.2, 0.25) is 5.89 Å². The van der Waals surface area contributed by atoms with E-state index in [9.17, 15) is 0 Å². The molecule has 0 amide bonds. The first-order valence-electron chi connectivity index (χ1n) is 6.43. The number of rotatable bonds is 7. The molecule has 1 aromatic carbocycles. The van der Waals surface area contributed by atoms with Gasteiger partial charge in [-0.2, -0.15) is 0 Å². The average molecular weight is 294 g/mol. The minimum atomic E-state index is 0.0437. The third-order valence-corrected chi connectivity index (χ3v) is 3.49. The summed E-state index contributed by atoms with van der Waals surface area (Å²) >= 11 is 1.45. The molecule has 1 heterocycles. The molecule has 0 spiro atoms. The monoisotopic (exact) mass is 294 g/mol. The summed E-state index contributed by atoms with van der Waals surface area (Å²) in [6.07, 6.45) is 0. The highest BCUT2D eigenvalue weighted by Gasteiger charge is 2.11. The minimum Gasteiger partial charge on any atom is -0.411 e. The normalized spacial score (nSPS) is 10.9. The molecular weight excluding hydrogens is 276 g/mol. The Bertz CT molecular complexity index is 557. The fourth-order valence-corrected chi connectivity index (χ4v) is 2.40. The molecule has 6 heteroatoms. The maximum atomic E-state index is 8.58. The quantitative estimate of drug-likeness (QED) is 0.625. The van der Waals surface area contributed by atoms with E-state index in [1.54, 1.807) is 0 Å². The number of aromatic nitrogens is 2. The fraction of sp³-hybridized carbons (Fsp3) is 0.429. The predicted octanol–water partition coefficient (Wildman–Crippen LogP) is 2.45. The summed E-state index contributed by atoms with van der Waals surface area (Å²) in [5.41, 5.74) is 3.30. The van der Waals surface area contributed by atoms with Crippen molar-refractivity contribution in [2.75, 3.05) is 25.6 Å². The molecule has 5 nitrogen and oxygen atoms in total. The molecule has 0 fully saturated rings. The van der Waals surface area contributed by atoms with Crippen LogP contribution in [0.15, 0.2) is 27.8 Å². The van der Waals surface area contributed by atoms with Crippen molar-refractivity contribution in [2.45, 2.75) is 19.1 Å². The lowest BCUT2D eigenvalue weighted by atomic mass is 10.1. The van der Waals surface area contributed by atoms with Crippen molar-refractivity contribution in [2.24, 2.45) is 0 Å². The molecule has 1 N–H and O–H groups in total. The first kappa shape index (κ1) is 15.0. The number of aryl methyl sites for hydroxylation is 2. The Balaban J connectivity index is 1.95. The largest absolute Gasteiger partial charge is 0.411 e. The topological polar surface area (TPSA) is 68.4 Å². The first-order chi connectivity index (χ1) is 9.70. The van der Waals surface area contributed by atoms with Crippen LogP contribution in [-0.4, -0.2) is 40.9 Å². The van der Waals surface area contributed by atoms with Gasteiger partial charge in [0.05, 0.1) is 19.8 Å². The minimum absolute atomic E-state index is 0.0437. The van der Waals surface area contributed by atoms with Crippen LogP contribution in [0.3, 0.4) is 0 Å². The zero-order valence-electron chi connectivity index (χ0n) is 11.6. The van der Waals surface area contributed by atoms with Gasteiger partial charge in [0.25, 0.3) is 5.22 Å². The Morgan fingerprint density at radius 2 is 2.10 bits per heavy atom. The summed E-state index contributed by atoms with van der Waals surface area (Å²) in [6.45, 7) is 5.03. The van der Waals surface area contributed by atoms with Crippen LogP contribution in [0.25, 0.3) is 11.5 Å². The van der Waals surface area contributed by atoms with Gasteiger partial charge in [0.1, 0.15) is 0 Å². The molecule has 0 aliphatic heterocycles. The van der Waals surface area contributed by atoms with Crippen LogP contribution in [0.4, 0.5) is 0 Å². The third-order valence-electron chi connectivity index (χ3n) is 2.71. The SMILES string of the molecule is Cc1ccc(-c2nnc(SCCOCCO)o2)c(C)c1. The standard InChI is InChI=1S/C14H18N2O3S/c1-10-3-4-12(11(2)9-10)13-15-16-14(19-13)20-8-7-18-6-5-17/h3-4,9,17H,5-8H2,1-2H3. The van der Waals surface area contributed by atoms with E-state index >= 15 is 0 Å². The lowest BCUT2D eigenvalue weighted by Gasteiger charge is -2.01. The number of aliphatic hydroxyl groups excluding tert-OH is 1. The summed E-state index contributed by atoms with van der Waals surface area (Å²) < 4.78 is 10.8. The van der Waals surface area contributed by atoms with Crippen LogP contribution in [0.1, 0.15) is 11.1 Å². The number of thioether (sulfide) groups is 1. The third kappa shape index (κ3) is 4.06. The lowest BCUT2D eigenvalue weighted by molar-refractivity contribution is 0.103. The predicted molar refractivity (Wildman–Crippen MR) is 77.8 cm³/mol. The summed E-state index contributed by atoms with van der Waals surface area (Å²) in [5.74, 6) is 1.26. The van der Waals surface area contributed by atoms with Crippen molar-refractivity contribution in [1.82, 2.24) is 10.2 Å². The number of hydrogen-bond acceptors (Lipinski definition) is 6. The van der Waals surface area contributed by atoms with E-state index in [2.05, 4.69) is 23.2 Å². The molecule has 108 valence electrons. The molecule has 0 bridgehead atoms. The van der Waals surface area contributed by atoms with Crippen LogP contribution >= 0.6 is 11.8 Å². The van der Waals surface area contributed by atoms with Crippen LogP contribution in [-0.2, 0) is 4.74 Å². The van der Waals surface area contributed by atoms with E-state index in [-0.39, 0.29) is 6.61 Å². The van der Waals surface area contributed by atoms with Crippen LogP contribution in [0, 0.1) is 13.8 Å². The molecule has 0 aliphatic rings. The highest BCUT2D eigenvalue weighted by atomic mass is 32.2. The van der Waals surface area contributed by atoms with Crippen LogP contribution in [0.2, 0.25) is 0 Å². The van der Waals surface area contributed by atoms with Gasteiger partial charge in [0.15, 0.2) is 0 Å². The van der Waals surface area contributed by atoms with E-state index in [0.29, 0.717) is 30.1 Å². The van der Waals surface area contributed by atoms with Gasteiger partial charge in [-0.1, -0.05) is 29.5 Å².